The van der Waals surface area contributed by atoms with Gasteiger partial charge in [-0.05, 0) is 42.7 Å². The molecule has 3 N–H and O–H groups in total. The van der Waals surface area contributed by atoms with E-state index in [1.807, 2.05) is 31.2 Å². The number of aromatic nitrogens is 1. The summed E-state index contributed by atoms with van der Waals surface area (Å²) in [7, 11) is 0. The molecule has 2 aromatic heterocycles. The van der Waals surface area contributed by atoms with Crippen molar-refractivity contribution < 1.29 is 9.21 Å². The molecule has 3 rings (SSSR count). The van der Waals surface area contributed by atoms with Crippen molar-refractivity contribution in [3.8, 4) is 0 Å². The van der Waals surface area contributed by atoms with E-state index >= 15 is 0 Å². The highest BCUT2D eigenvalue weighted by Gasteiger charge is 2.09. The van der Waals surface area contributed by atoms with E-state index < -0.39 is 0 Å². The van der Waals surface area contributed by atoms with Crippen molar-refractivity contribution in [2.75, 3.05) is 11.9 Å². The zero-order valence-electron chi connectivity index (χ0n) is 17.4. The Labute approximate surface area is 180 Å². The van der Waals surface area contributed by atoms with Crippen molar-refractivity contribution in [3.05, 3.63) is 70.1 Å². The minimum Gasteiger partial charge on any atom is -0.459 e. The van der Waals surface area contributed by atoms with Crippen molar-refractivity contribution in [1.82, 2.24) is 15.6 Å². The number of benzene rings is 1. The maximum absolute atomic E-state index is 12.1. The summed E-state index contributed by atoms with van der Waals surface area (Å²) in [4.78, 5) is 21.4. The maximum Gasteiger partial charge on any atom is 0.291 e. The minimum absolute atomic E-state index is 0.278. The van der Waals surface area contributed by atoms with Gasteiger partial charge in [-0.1, -0.05) is 26.0 Å². The fourth-order valence-electron chi connectivity index (χ4n) is 2.69. The number of carbonyl (C=O) groups is 1. The van der Waals surface area contributed by atoms with E-state index in [-0.39, 0.29) is 11.7 Å². The second-order valence-corrected chi connectivity index (χ2v) is 7.94. The average molecular weight is 426 g/mol. The summed E-state index contributed by atoms with van der Waals surface area (Å²) in [6.07, 6.45) is 1.48. The van der Waals surface area contributed by atoms with E-state index in [2.05, 4.69) is 45.2 Å². The Morgan fingerprint density at radius 3 is 2.80 bits per heavy atom. The topological polar surface area (TPSA) is 91.5 Å². The van der Waals surface area contributed by atoms with Gasteiger partial charge >= 0.3 is 0 Å². The first-order valence-electron chi connectivity index (χ1n) is 9.95. The molecule has 8 heteroatoms. The molecule has 0 saturated heterocycles. The molecule has 2 heterocycles. The van der Waals surface area contributed by atoms with Crippen LogP contribution < -0.4 is 16.0 Å². The number of thiazole rings is 1. The van der Waals surface area contributed by atoms with Gasteiger partial charge in [0.2, 0.25) is 0 Å². The average Bonchev–Trinajstić information content (AvgIpc) is 3.42. The highest BCUT2D eigenvalue weighted by atomic mass is 32.1. The first-order chi connectivity index (χ1) is 14.5. The van der Waals surface area contributed by atoms with Crippen molar-refractivity contribution in [3.63, 3.8) is 0 Å². The molecule has 3 aromatic rings. The largest absolute Gasteiger partial charge is 0.459 e. The number of carbonyl (C=O) groups excluding carboxylic acids is 1. The van der Waals surface area contributed by atoms with Gasteiger partial charge < -0.3 is 20.4 Å². The molecule has 0 bridgehead atoms. The third kappa shape index (κ3) is 6.18. The molecule has 0 saturated carbocycles. The summed E-state index contributed by atoms with van der Waals surface area (Å²) in [6, 6.07) is 10.9. The second kappa shape index (κ2) is 10.6. The molecular formula is C22H27N5O2S. The lowest BCUT2D eigenvalue weighted by Crippen LogP contribution is -2.36. The van der Waals surface area contributed by atoms with Crippen molar-refractivity contribution >= 4 is 28.9 Å². The van der Waals surface area contributed by atoms with Crippen LogP contribution in [0.1, 0.15) is 53.5 Å². The summed E-state index contributed by atoms with van der Waals surface area (Å²) in [5.41, 5.74) is 2.80. The Hall–Kier alpha value is -3.13. The molecule has 0 unspecified atom stereocenters. The van der Waals surface area contributed by atoms with Crippen LogP contribution in [0, 0.1) is 0 Å². The van der Waals surface area contributed by atoms with Crippen LogP contribution >= 0.6 is 11.3 Å². The fourth-order valence-corrected chi connectivity index (χ4v) is 3.59. The molecule has 158 valence electrons. The molecule has 0 aliphatic carbocycles. The number of rotatable bonds is 8. The van der Waals surface area contributed by atoms with Gasteiger partial charge in [0.15, 0.2) is 11.7 Å². The van der Waals surface area contributed by atoms with Gasteiger partial charge in [-0.2, -0.15) is 0 Å². The molecule has 1 aromatic carbocycles. The van der Waals surface area contributed by atoms with Gasteiger partial charge in [-0.25, -0.2) is 9.98 Å². The van der Waals surface area contributed by atoms with Gasteiger partial charge in [0, 0.05) is 17.6 Å². The van der Waals surface area contributed by atoms with E-state index in [0.717, 1.165) is 28.8 Å². The molecule has 0 aliphatic rings. The number of guanidine groups is 1. The Bertz CT molecular complexity index is 979. The van der Waals surface area contributed by atoms with Gasteiger partial charge in [0.05, 0.1) is 25.0 Å². The van der Waals surface area contributed by atoms with Crippen LogP contribution in [-0.4, -0.2) is 23.4 Å². The van der Waals surface area contributed by atoms with E-state index in [9.17, 15) is 4.79 Å². The summed E-state index contributed by atoms with van der Waals surface area (Å²) in [5, 5.41) is 12.6. The standard InChI is InChI=1S/C22H27N5O2S/c1-4-23-22(25-13-20-27-18(14-30-20)15(2)3)24-12-16-7-5-8-17(11-16)26-21(28)19-9-6-10-29-19/h5-11,14-15H,4,12-13H2,1-3H3,(H,26,28)(H2,23,24,25). The number of hydrogen-bond acceptors (Lipinski definition) is 5. The summed E-state index contributed by atoms with van der Waals surface area (Å²) >= 11 is 1.65. The predicted molar refractivity (Wildman–Crippen MR) is 121 cm³/mol. The van der Waals surface area contributed by atoms with E-state index in [1.165, 1.54) is 6.26 Å². The summed E-state index contributed by atoms with van der Waals surface area (Å²) in [6.45, 7) is 8.19. The number of amides is 1. The molecule has 0 radical (unpaired) electrons. The smallest absolute Gasteiger partial charge is 0.291 e. The van der Waals surface area contributed by atoms with E-state index in [4.69, 9.17) is 4.42 Å². The number of nitrogens with one attached hydrogen (secondary N) is 3. The highest BCUT2D eigenvalue weighted by molar-refractivity contribution is 7.09. The fraction of sp³-hybridized carbons (Fsp3) is 0.318. The lowest BCUT2D eigenvalue weighted by Gasteiger charge is -2.10. The maximum atomic E-state index is 12.1. The van der Waals surface area contributed by atoms with Crippen LogP contribution in [0.4, 0.5) is 5.69 Å². The third-order valence-electron chi connectivity index (χ3n) is 4.26. The number of nitrogens with zero attached hydrogens (tertiary/aromatic N) is 2. The van der Waals surface area contributed by atoms with Crippen LogP contribution in [0.15, 0.2) is 57.5 Å². The molecule has 0 fully saturated rings. The first kappa shape index (κ1) is 21.6. The number of hydrogen-bond donors (Lipinski definition) is 3. The molecule has 0 atom stereocenters. The Morgan fingerprint density at radius 1 is 1.23 bits per heavy atom. The molecular weight excluding hydrogens is 398 g/mol. The number of aliphatic imine (C=N–C) groups is 1. The SMILES string of the molecule is CCNC(=NCc1cccc(NC(=O)c2ccco2)c1)NCc1nc(C(C)C)cs1. The van der Waals surface area contributed by atoms with Crippen molar-refractivity contribution in [1.29, 1.82) is 0 Å². The van der Waals surface area contributed by atoms with Crippen LogP contribution in [0.2, 0.25) is 0 Å². The predicted octanol–water partition coefficient (Wildman–Crippen LogP) is 4.37. The summed E-state index contributed by atoms with van der Waals surface area (Å²) < 4.78 is 5.13. The van der Waals surface area contributed by atoms with Crippen LogP contribution in [-0.2, 0) is 13.1 Å². The zero-order valence-corrected chi connectivity index (χ0v) is 18.3. The summed E-state index contributed by atoms with van der Waals surface area (Å²) in [5.74, 6) is 1.15. The Kier molecular flexibility index (Phi) is 7.62. The lowest BCUT2D eigenvalue weighted by atomic mass is 10.2. The van der Waals surface area contributed by atoms with Crippen LogP contribution in [0.3, 0.4) is 0 Å². The zero-order chi connectivity index (χ0) is 21.3. The van der Waals surface area contributed by atoms with Crippen LogP contribution in [0.25, 0.3) is 0 Å². The minimum atomic E-state index is -0.278. The number of anilines is 1. The van der Waals surface area contributed by atoms with Gasteiger partial charge in [0.25, 0.3) is 5.91 Å². The Morgan fingerprint density at radius 2 is 2.10 bits per heavy atom. The van der Waals surface area contributed by atoms with Crippen LogP contribution in [0.5, 0.6) is 0 Å². The molecule has 0 spiro atoms. The van der Waals surface area contributed by atoms with Gasteiger partial charge in [0.1, 0.15) is 5.01 Å². The lowest BCUT2D eigenvalue weighted by molar-refractivity contribution is 0.0996. The van der Waals surface area contributed by atoms with Gasteiger partial charge in [-0.3, -0.25) is 4.79 Å². The molecule has 1 amide bonds. The normalized spacial score (nSPS) is 11.5. The highest BCUT2D eigenvalue weighted by Crippen LogP contribution is 2.17. The van der Waals surface area contributed by atoms with E-state index in [1.54, 1.807) is 23.5 Å². The third-order valence-corrected chi connectivity index (χ3v) is 5.13. The molecule has 7 nitrogen and oxygen atoms in total. The Balaban J connectivity index is 1.60. The van der Waals surface area contributed by atoms with Gasteiger partial charge in [-0.15, -0.1) is 11.3 Å². The second-order valence-electron chi connectivity index (χ2n) is 7.00. The molecule has 0 aliphatic heterocycles. The van der Waals surface area contributed by atoms with Crippen molar-refractivity contribution in [2.45, 2.75) is 39.8 Å². The quantitative estimate of drug-likeness (QED) is 0.368. The monoisotopic (exact) mass is 425 g/mol. The molecule has 30 heavy (non-hydrogen) atoms. The number of furan rings is 1. The first-order valence-corrected chi connectivity index (χ1v) is 10.8. The van der Waals surface area contributed by atoms with E-state index in [0.29, 0.717) is 24.7 Å². The van der Waals surface area contributed by atoms with Crippen molar-refractivity contribution in [2.24, 2.45) is 4.99 Å².